The van der Waals surface area contributed by atoms with Crippen molar-refractivity contribution in [3.8, 4) is 0 Å². The Morgan fingerprint density at radius 3 is 2.85 bits per heavy atom. The van der Waals surface area contributed by atoms with Crippen molar-refractivity contribution in [1.82, 2.24) is 0 Å². The molecule has 148 valence electrons. The Hall–Kier alpha value is -1.67. The van der Waals surface area contributed by atoms with Crippen LogP contribution in [0.2, 0.25) is 0 Å². The predicted molar refractivity (Wildman–Crippen MR) is 93.6 cm³/mol. The van der Waals surface area contributed by atoms with Gasteiger partial charge in [0.2, 0.25) is 0 Å². The number of carboxylic acid groups (broad SMARTS) is 1. The van der Waals surface area contributed by atoms with Crippen LogP contribution in [-0.2, 0) is 9.53 Å². The quantitative estimate of drug-likeness (QED) is 0.573. The van der Waals surface area contributed by atoms with E-state index in [4.69, 9.17) is 9.15 Å². The highest BCUT2D eigenvalue weighted by atomic mass is 16.5. The number of aliphatic carboxylic acids is 1. The molecule has 0 aromatic carbocycles. The smallest absolute Gasteiger partial charge is 0.310 e. The van der Waals surface area contributed by atoms with Gasteiger partial charge in [-0.15, -0.1) is 0 Å². The fraction of sp³-hybridized carbons (Fsp3) is 0.650. The van der Waals surface area contributed by atoms with Crippen molar-refractivity contribution < 1.29 is 34.4 Å². The van der Waals surface area contributed by atoms with Gasteiger partial charge in [0.15, 0.2) is 0 Å². The van der Waals surface area contributed by atoms with Crippen molar-refractivity contribution in [2.75, 3.05) is 13.2 Å². The SMILES string of the molecule is C[C@@H]1[C@@H](O)[C@@H]2OCC3=CCC[C@H]([C@]1(C[C@H](O)c1ccoc1)C(=O)O)[C@]32CO. The van der Waals surface area contributed by atoms with Gasteiger partial charge >= 0.3 is 5.97 Å². The topological polar surface area (TPSA) is 120 Å². The molecule has 3 aliphatic rings. The summed E-state index contributed by atoms with van der Waals surface area (Å²) >= 11 is 0. The number of ether oxygens (including phenoxy) is 1. The number of carboxylic acids is 1. The summed E-state index contributed by atoms with van der Waals surface area (Å²) in [6.45, 7) is 1.72. The molecule has 1 aliphatic heterocycles. The molecule has 2 fully saturated rings. The lowest BCUT2D eigenvalue weighted by Crippen LogP contribution is -2.67. The van der Waals surface area contributed by atoms with Crippen LogP contribution in [0.25, 0.3) is 0 Å². The van der Waals surface area contributed by atoms with Crippen LogP contribution in [0, 0.1) is 22.7 Å². The molecular weight excluding hydrogens is 352 g/mol. The molecule has 1 aromatic rings. The van der Waals surface area contributed by atoms with E-state index in [2.05, 4.69) is 0 Å². The van der Waals surface area contributed by atoms with Gasteiger partial charge in [-0.3, -0.25) is 4.79 Å². The average Bonchev–Trinajstić information content (AvgIpc) is 3.31. The Morgan fingerprint density at radius 1 is 1.44 bits per heavy atom. The number of rotatable bonds is 5. The molecule has 7 nitrogen and oxygen atoms in total. The minimum Gasteiger partial charge on any atom is -0.481 e. The number of aliphatic hydroxyl groups excluding tert-OH is 3. The first-order valence-electron chi connectivity index (χ1n) is 9.43. The molecule has 1 saturated heterocycles. The first-order valence-corrected chi connectivity index (χ1v) is 9.43. The molecule has 0 spiro atoms. The van der Waals surface area contributed by atoms with E-state index >= 15 is 0 Å². The zero-order valence-corrected chi connectivity index (χ0v) is 15.2. The van der Waals surface area contributed by atoms with Crippen molar-refractivity contribution in [2.24, 2.45) is 22.7 Å². The van der Waals surface area contributed by atoms with Crippen molar-refractivity contribution in [3.63, 3.8) is 0 Å². The lowest BCUT2D eigenvalue weighted by molar-refractivity contribution is -0.217. The van der Waals surface area contributed by atoms with Gasteiger partial charge in [0.1, 0.15) is 0 Å². The van der Waals surface area contributed by atoms with Crippen molar-refractivity contribution in [1.29, 1.82) is 0 Å². The Kier molecular flexibility index (Phi) is 4.46. The minimum absolute atomic E-state index is 0.0630. The molecule has 2 heterocycles. The van der Waals surface area contributed by atoms with E-state index in [1.807, 2.05) is 6.08 Å². The molecule has 0 bridgehead atoms. The van der Waals surface area contributed by atoms with Crippen LogP contribution >= 0.6 is 0 Å². The van der Waals surface area contributed by atoms with Crippen LogP contribution in [-0.4, -0.2) is 51.8 Å². The van der Waals surface area contributed by atoms with E-state index in [1.165, 1.54) is 12.5 Å². The van der Waals surface area contributed by atoms with E-state index < -0.39 is 46.9 Å². The zero-order valence-electron chi connectivity index (χ0n) is 15.2. The van der Waals surface area contributed by atoms with Crippen LogP contribution in [0.1, 0.15) is 37.9 Å². The monoisotopic (exact) mass is 378 g/mol. The summed E-state index contributed by atoms with van der Waals surface area (Å²) in [6, 6.07) is 1.61. The summed E-state index contributed by atoms with van der Waals surface area (Å²) in [6.07, 6.45) is 3.31. The third-order valence-corrected chi connectivity index (χ3v) is 7.37. The Balaban J connectivity index is 1.84. The zero-order chi connectivity index (χ0) is 19.4. The van der Waals surface area contributed by atoms with Gasteiger partial charge in [-0.1, -0.05) is 13.0 Å². The normalized spacial score (nSPS) is 41.7. The molecule has 1 aromatic heterocycles. The van der Waals surface area contributed by atoms with Crippen LogP contribution in [0.5, 0.6) is 0 Å². The number of furan rings is 1. The Bertz CT molecular complexity index is 742. The Morgan fingerprint density at radius 2 is 2.22 bits per heavy atom. The van der Waals surface area contributed by atoms with Crippen molar-refractivity contribution >= 4 is 5.97 Å². The summed E-state index contributed by atoms with van der Waals surface area (Å²) in [5.41, 5.74) is -0.936. The molecule has 7 heteroatoms. The van der Waals surface area contributed by atoms with Crippen molar-refractivity contribution in [2.45, 2.75) is 44.5 Å². The van der Waals surface area contributed by atoms with E-state index in [1.54, 1.807) is 13.0 Å². The largest absolute Gasteiger partial charge is 0.481 e. The number of allylic oxidation sites excluding steroid dienone is 1. The lowest BCUT2D eigenvalue weighted by Gasteiger charge is -2.59. The van der Waals surface area contributed by atoms with Gasteiger partial charge in [0.05, 0.1) is 49.5 Å². The van der Waals surface area contributed by atoms with Crippen LogP contribution in [0.15, 0.2) is 34.7 Å². The van der Waals surface area contributed by atoms with Crippen molar-refractivity contribution in [3.05, 3.63) is 35.8 Å². The van der Waals surface area contributed by atoms with Crippen LogP contribution < -0.4 is 0 Å². The van der Waals surface area contributed by atoms with Gasteiger partial charge in [0, 0.05) is 16.9 Å². The molecule has 4 rings (SSSR count). The fourth-order valence-electron chi connectivity index (χ4n) is 5.97. The second-order valence-electron chi connectivity index (χ2n) is 8.19. The molecule has 27 heavy (non-hydrogen) atoms. The molecule has 1 saturated carbocycles. The highest BCUT2D eigenvalue weighted by molar-refractivity contribution is 5.77. The first kappa shape index (κ1) is 18.7. The highest BCUT2D eigenvalue weighted by Gasteiger charge is 2.70. The van der Waals surface area contributed by atoms with Crippen LogP contribution in [0.4, 0.5) is 0 Å². The maximum atomic E-state index is 12.7. The molecule has 2 aliphatic carbocycles. The second-order valence-corrected chi connectivity index (χ2v) is 8.19. The van der Waals surface area contributed by atoms with Gasteiger partial charge in [-0.25, -0.2) is 0 Å². The summed E-state index contributed by atoms with van der Waals surface area (Å²) in [7, 11) is 0. The standard InChI is InChI=1S/C20H26O7/c1-11-16(23)17-20(10-21)13(9-27-17)3-2-4-15(20)19(11,18(24)25)7-14(22)12-5-6-26-8-12/h3,5-6,8,11,14-17,21-23H,2,4,7,9-10H2,1H3,(H,24,25)/t11-,14+,15-,16-,17+,19-,20+/m1/s1. The first-order chi connectivity index (χ1) is 12.9. The third kappa shape index (κ3) is 2.32. The van der Waals surface area contributed by atoms with E-state index in [-0.39, 0.29) is 13.0 Å². The summed E-state index contributed by atoms with van der Waals surface area (Å²) < 4.78 is 10.9. The van der Waals surface area contributed by atoms with Gasteiger partial charge in [-0.05, 0) is 36.8 Å². The van der Waals surface area contributed by atoms with E-state index in [0.717, 1.165) is 5.57 Å². The molecule has 7 atom stereocenters. The average molecular weight is 378 g/mol. The third-order valence-electron chi connectivity index (χ3n) is 7.37. The van der Waals surface area contributed by atoms with Gasteiger partial charge < -0.3 is 29.6 Å². The molecular formula is C20H26O7. The summed E-state index contributed by atoms with van der Waals surface area (Å²) in [5, 5.41) is 42.5. The Labute approximate surface area is 157 Å². The number of carbonyl (C=O) groups is 1. The maximum absolute atomic E-state index is 12.7. The molecule has 0 radical (unpaired) electrons. The predicted octanol–water partition coefficient (Wildman–Crippen LogP) is 1.50. The fourth-order valence-corrected chi connectivity index (χ4v) is 5.97. The van der Waals surface area contributed by atoms with Gasteiger partial charge in [0.25, 0.3) is 0 Å². The van der Waals surface area contributed by atoms with E-state index in [0.29, 0.717) is 25.0 Å². The highest BCUT2D eigenvalue weighted by Crippen LogP contribution is 2.65. The minimum atomic E-state index is -1.40. The maximum Gasteiger partial charge on any atom is 0.310 e. The summed E-state index contributed by atoms with van der Waals surface area (Å²) in [5.74, 6) is -2.15. The van der Waals surface area contributed by atoms with Gasteiger partial charge in [-0.2, -0.15) is 0 Å². The lowest BCUT2D eigenvalue weighted by atomic mass is 9.44. The van der Waals surface area contributed by atoms with E-state index in [9.17, 15) is 25.2 Å². The molecule has 0 amide bonds. The number of hydrogen-bond donors (Lipinski definition) is 4. The second kappa shape index (κ2) is 6.44. The van der Waals surface area contributed by atoms with Crippen LogP contribution in [0.3, 0.4) is 0 Å². The number of aliphatic hydroxyl groups is 3. The summed E-state index contributed by atoms with van der Waals surface area (Å²) in [4.78, 5) is 12.7. The molecule has 4 N–H and O–H groups in total. The molecule has 0 unspecified atom stereocenters. The number of hydrogen-bond acceptors (Lipinski definition) is 6.